The highest BCUT2D eigenvalue weighted by Crippen LogP contribution is 2.43. The smallest absolute Gasteiger partial charge is 0.337 e. The van der Waals surface area contributed by atoms with Crippen molar-refractivity contribution in [2.45, 2.75) is 6.42 Å². The SMILES string of the molecule is O=C(O)Cc1cc(=O)c2c(C(=O)O)c3c(O)ccc(=O)c-3c-2c1=O. The summed E-state index contributed by atoms with van der Waals surface area (Å²) in [5.41, 5.74) is -5.30. The summed E-state index contributed by atoms with van der Waals surface area (Å²) in [6, 6.07) is 2.67. The van der Waals surface area contributed by atoms with Crippen LogP contribution in [-0.4, -0.2) is 27.3 Å². The zero-order chi connectivity index (χ0) is 17.8. The van der Waals surface area contributed by atoms with Crippen molar-refractivity contribution >= 4 is 11.9 Å². The molecule has 0 fully saturated rings. The van der Waals surface area contributed by atoms with Gasteiger partial charge in [0, 0.05) is 27.8 Å². The summed E-state index contributed by atoms with van der Waals surface area (Å²) >= 11 is 0. The van der Waals surface area contributed by atoms with Crippen LogP contribution in [0.2, 0.25) is 0 Å². The maximum atomic E-state index is 12.5. The van der Waals surface area contributed by atoms with Crippen molar-refractivity contribution in [3.63, 3.8) is 0 Å². The number of aliphatic carboxylic acids is 1. The van der Waals surface area contributed by atoms with Gasteiger partial charge in [0.15, 0.2) is 16.3 Å². The number of hydrogen-bond acceptors (Lipinski definition) is 6. The number of rotatable bonds is 3. The third-order valence-corrected chi connectivity index (χ3v) is 3.77. The lowest BCUT2D eigenvalue weighted by atomic mass is 9.98. The van der Waals surface area contributed by atoms with Gasteiger partial charge in [0.25, 0.3) is 0 Å². The van der Waals surface area contributed by atoms with Crippen molar-refractivity contribution < 1.29 is 24.9 Å². The van der Waals surface area contributed by atoms with E-state index in [1.807, 2.05) is 0 Å². The van der Waals surface area contributed by atoms with E-state index in [0.29, 0.717) is 0 Å². The Bertz CT molecular complexity index is 1100. The predicted octanol–water partition coefficient (Wildman–Crippen LogP) is -0.117. The van der Waals surface area contributed by atoms with Gasteiger partial charge in [0.2, 0.25) is 0 Å². The molecule has 0 radical (unpaired) electrons. The molecule has 0 saturated carbocycles. The largest absolute Gasteiger partial charge is 0.507 e. The van der Waals surface area contributed by atoms with E-state index in [1.54, 1.807) is 0 Å². The second kappa shape index (κ2) is 4.98. The standard InChI is InChI=1S/C16H8O8/c17-6-1-2-7(18)11-10(6)13-12(14(11)16(23)24)8(19)3-5(15(13)22)4-9(20)21/h1-3,18H,4H2,(H,20,21)(H,23,24). The Labute approximate surface area is 132 Å². The summed E-state index contributed by atoms with van der Waals surface area (Å²) in [6.07, 6.45) is -0.744. The van der Waals surface area contributed by atoms with E-state index in [0.717, 1.165) is 18.2 Å². The molecule has 3 N–H and O–H groups in total. The summed E-state index contributed by atoms with van der Waals surface area (Å²) in [6.45, 7) is 0. The Morgan fingerprint density at radius 2 is 1.54 bits per heavy atom. The van der Waals surface area contributed by atoms with E-state index in [9.17, 15) is 34.2 Å². The van der Waals surface area contributed by atoms with Gasteiger partial charge in [-0.1, -0.05) is 0 Å². The number of aromatic carboxylic acids is 1. The van der Waals surface area contributed by atoms with E-state index < -0.39 is 68.2 Å². The normalized spacial score (nSPS) is 11.2. The number of hydrogen-bond donors (Lipinski definition) is 3. The van der Waals surface area contributed by atoms with Crippen LogP contribution >= 0.6 is 0 Å². The van der Waals surface area contributed by atoms with Gasteiger partial charge in [0.05, 0.1) is 12.0 Å². The molecule has 24 heavy (non-hydrogen) atoms. The average molecular weight is 328 g/mol. The molecule has 0 aromatic carbocycles. The van der Waals surface area contributed by atoms with E-state index >= 15 is 0 Å². The molecule has 0 amide bonds. The molecule has 8 heteroatoms. The molecule has 8 nitrogen and oxygen atoms in total. The van der Waals surface area contributed by atoms with Crippen LogP contribution in [0.15, 0.2) is 32.6 Å². The number of aromatic hydroxyl groups is 1. The van der Waals surface area contributed by atoms with Gasteiger partial charge in [0.1, 0.15) is 5.75 Å². The lowest BCUT2D eigenvalue weighted by Crippen LogP contribution is -2.23. The summed E-state index contributed by atoms with van der Waals surface area (Å²) in [5, 5.41) is 28.1. The lowest BCUT2D eigenvalue weighted by molar-refractivity contribution is -0.136. The Morgan fingerprint density at radius 1 is 0.875 bits per heavy atom. The molecule has 0 bridgehead atoms. The van der Waals surface area contributed by atoms with Gasteiger partial charge in [-0.15, -0.1) is 0 Å². The fourth-order valence-corrected chi connectivity index (χ4v) is 2.89. The van der Waals surface area contributed by atoms with Gasteiger partial charge < -0.3 is 15.3 Å². The molecule has 0 saturated heterocycles. The van der Waals surface area contributed by atoms with E-state index in [2.05, 4.69) is 0 Å². The van der Waals surface area contributed by atoms with E-state index in [4.69, 9.17) is 5.11 Å². The molecule has 3 aliphatic carbocycles. The maximum Gasteiger partial charge on any atom is 0.337 e. The Balaban J connectivity index is 2.63. The minimum absolute atomic E-state index is 0.355. The maximum absolute atomic E-state index is 12.5. The number of carboxylic acid groups (broad SMARTS) is 2. The quantitative estimate of drug-likeness (QED) is 0.603. The number of benzene rings is 2. The minimum atomic E-state index is -1.58. The summed E-state index contributed by atoms with van der Waals surface area (Å²) in [5.74, 6) is -3.50. The van der Waals surface area contributed by atoms with Crippen LogP contribution in [-0.2, 0) is 11.2 Å². The zero-order valence-corrected chi connectivity index (χ0v) is 11.8. The fourth-order valence-electron chi connectivity index (χ4n) is 2.89. The first-order valence-corrected chi connectivity index (χ1v) is 6.64. The molecular weight excluding hydrogens is 320 g/mol. The second-order valence-corrected chi connectivity index (χ2v) is 5.20. The molecule has 120 valence electrons. The molecule has 3 aliphatic rings. The Morgan fingerprint density at radius 3 is 2.12 bits per heavy atom. The first-order valence-electron chi connectivity index (χ1n) is 6.64. The summed E-state index contributed by atoms with van der Waals surface area (Å²) in [7, 11) is 0. The number of phenolic OH excluding ortho intramolecular Hbond substituents is 1. The molecule has 0 aromatic rings. The number of carboxylic acids is 2. The van der Waals surface area contributed by atoms with Crippen LogP contribution in [0.25, 0.3) is 22.3 Å². The van der Waals surface area contributed by atoms with E-state index in [1.165, 1.54) is 0 Å². The number of fused-ring (bicyclic) bond motifs is 3. The van der Waals surface area contributed by atoms with Gasteiger partial charge in [-0.05, 0) is 18.2 Å². The Hall–Kier alpha value is -3.55. The Kier molecular flexibility index (Phi) is 3.19. The molecule has 0 aliphatic heterocycles. The van der Waals surface area contributed by atoms with Crippen molar-refractivity contribution in [3.05, 3.63) is 60.0 Å². The van der Waals surface area contributed by atoms with Gasteiger partial charge in [-0.3, -0.25) is 19.2 Å². The highest BCUT2D eigenvalue weighted by molar-refractivity contribution is 6.11. The van der Waals surface area contributed by atoms with Crippen molar-refractivity contribution in [1.29, 1.82) is 0 Å². The van der Waals surface area contributed by atoms with Crippen molar-refractivity contribution in [2.75, 3.05) is 0 Å². The highest BCUT2D eigenvalue weighted by Gasteiger charge is 2.36. The summed E-state index contributed by atoms with van der Waals surface area (Å²) in [4.78, 5) is 59.3. The van der Waals surface area contributed by atoms with Crippen LogP contribution in [0.1, 0.15) is 15.9 Å². The lowest BCUT2D eigenvalue weighted by Gasteiger charge is -2.03. The van der Waals surface area contributed by atoms with Crippen LogP contribution in [0.4, 0.5) is 0 Å². The van der Waals surface area contributed by atoms with Crippen LogP contribution in [0.5, 0.6) is 5.75 Å². The van der Waals surface area contributed by atoms with Crippen LogP contribution < -0.4 is 16.3 Å². The zero-order valence-electron chi connectivity index (χ0n) is 11.8. The molecule has 0 atom stereocenters. The van der Waals surface area contributed by atoms with E-state index in [-0.39, 0.29) is 5.56 Å². The number of phenols is 1. The van der Waals surface area contributed by atoms with Crippen molar-refractivity contribution in [2.24, 2.45) is 0 Å². The first kappa shape index (κ1) is 15.3. The molecular formula is C16H8O8. The van der Waals surface area contributed by atoms with Crippen molar-refractivity contribution in [1.82, 2.24) is 0 Å². The minimum Gasteiger partial charge on any atom is -0.507 e. The second-order valence-electron chi connectivity index (χ2n) is 5.20. The molecule has 0 spiro atoms. The van der Waals surface area contributed by atoms with Gasteiger partial charge in [-0.2, -0.15) is 0 Å². The van der Waals surface area contributed by atoms with Crippen molar-refractivity contribution in [3.8, 4) is 28.0 Å². The first-order chi connectivity index (χ1) is 11.2. The topological polar surface area (TPSA) is 146 Å². The summed E-state index contributed by atoms with van der Waals surface area (Å²) < 4.78 is 0. The highest BCUT2D eigenvalue weighted by atomic mass is 16.4. The van der Waals surface area contributed by atoms with Crippen LogP contribution in [0.3, 0.4) is 0 Å². The third-order valence-electron chi connectivity index (χ3n) is 3.77. The van der Waals surface area contributed by atoms with Crippen LogP contribution in [0, 0.1) is 0 Å². The molecule has 0 aromatic heterocycles. The molecule has 0 unspecified atom stereocenters. The fraction of sp³-hybridized carbons (Fsp3) is 0.0625. The predicted molar refractivity (Wildman–Crippen MR) is 80.8 cm³/mol. The average Bonchev–Trinajstić information content (AvgIpc) is 2.86. The van der Waals surface area contributed by atoms with Gasteiger partial charge >= 0.3 is 11.9 Å². The molecule has 0 heterocycles. The van der Waals surface area contributed by atoms with Gasteiger partial charge in [-0.25, -0.2) is 4.79 Å². The number of carbonyl (C=O) groups is 2. The third kappa shape index (κ3) is 1.97. The monoisotopic (exact) mass is 328 g/mol. The molecule has 3 rings (SSSR count).